The molecular formula is C18H40N2. The Labute approximate surface area is 128 Å². The Kier molecular flexibility index (Phi) is 13.8. The van der Waals surface area contributed by atoms with Gasteiger partial charge < -0.3 is 0 Å². The van der Waals surface area contributed by atoms with Crippen LogP contribution in [0.25, 0.3) is 0 Å². The summed E-state index contributed by atoms with van der Waals surface area (Å²) in [6, 6.07) is 0. The Bertz CT molecular complexity index is 158. The highest BCUT2D eigenvalue weighted by Crippen LogP contribution is 2.12. The van der Waals surface area contributed by atoms with Crippen molar-refractivity contribution in [3.63, 3.8) is 0 Å². The molecule has 2 heteroatoms. The third-order valence-corrected chi connectivity index (χ3v) is 4.25. The Morgan fingerprint density at radius 1 is 0.550 bits per heavy atom. The molecule has 20 heavy (non-hydrogen) atoms. The van der Waals surface area contributed by atoms with Gasteiger partial charge in [-0.1, -0.05) is 53.4 Å². The van der Waals surface area contributed by atoms with Gasteiger partial charge in [-0.25, -0.2) is 0 Å². The SMILES string of the molecule is CCCCN(CCCC)C(C)N(CCCC)CCCC. The van der Waals surface area contributed by atoms with Crippen molar-refractivity contribution in [1.29, 1.82) is 0 Å². The van der Waals surface area contributed by atoms with Crippen molar-refractivity contribution in [3.8, 4) is 0 Å². The molecule has 2 nitrogen and oxygen atoms in total. The lowest BCUT2D eigenvalue weighted by atomic mass is 10.2. The van der Waals surface area contributed by atoms with Gasteiger partial charge in [0.1, 0.15) is 0 Å². The first-order valence-electron chi connectivity index (χ1n) is 9.19. The van der Waals surface area contributed by atoms with Gasteiger partial charge in [0.25, 0.3) is 0 Å². The fourth-order valence-corrected chi connectivity index (χ4v) is 2.65. The van der Waals surface area contributed by atoms with Crippen LogP contribution in [0.15, 0.2) is 0 Å². The van der Waals surface area contributed by atoms with Gasteiger partial charge >= 0.3 is 0 Å². The summed E-state index contributed by atoms with van der Waals surface area (Å²) < 4.78 is 0. The van der Waals surface area contributed by atoms with Crippen LogP contribution in [-0.2, 0) is 0 Å². The number of hydrogen-bond donors (Lipinski definition) is 0. The van der Waals surface area contributed by atoms with E-state index in [0.29, 0.717) is 6.17 Å². The summed E-state index contributed by atoms with van der Waals surface area (Å²) >= 11 is 0. The Morgan fingerprint density at radius 2 is 0.800 bits per heavy atom. The molecule has 0 atom stereocenters. The minimum absolute atomic E-state index is 0.617. The highest BCUT2D eigenvalue weighted by atomic mass is 15.3. The fourth-order valence-electron chi connectivity index (χ4n) is 2.65. The summed E-state index contributed by atoms with van der Waals surface area (Å²) in [5.41, 5.74) is 0. The maximum atomic E-state index is 2.72. The molecule has 0 saturated carbocycles. The molecule has 122 valence electrons. The molecule has 0 aliphatic carbocycles. The summed E-state index contributed by atoms with van der Waals surface area (Å²) in [6.07, 6.45) is 11.2. The van der Waals surface area contributed by atoms with Crippen molar-refractivity contribution in [3.05, 3.63) is 0 Å². The van der Waals surface area contributed by atoms with Crippen molar-refractivity contribution in [2.24, 2.45) is 0 Å². The predicted octanol–water partition coefficient (Wildman–Crippen LogP) is 5.14. The molecule has 0 spiro atoms. The van der Waals surface area contributed by atoms with E-state index in [4.69, 9.17) is 0 Å². The third-order valence-electron chi connectivity index (χ3n) is 4.25. The van der Waals surface area contributed by atoms with E-state index < -0.39 is 0 Å². The molecule has 0 aromatic rings. The molecule has 0 radical (unpaired) electrons. The molecule has 0 amide bonds. The fraction of sp³-hybridized carbons (Fsp3) is 1.00. The molecule has 0 heterocycles. The lowest BCUT2D eigenvalue weighted by Gasteiger charge is -2.38. The Morgan fingerprint density at radius 3 is 1.00 bits per heavy atom. The van der Waals surface area contributed by atoms with Crippen molar-refractivity contribution in [1.82, 2.24) is 9.80 Å². The molecule has 0 rings (SSSR count). The summed E-state index contributed by atoms with van der Waals surface area (Å²) in [7, 11) is 0. The maximum Gasteiger partial charge on any atom is 0.0593 e. The van der Waals surface area contributed by atoms with E-state index in [0.717, 1.165) is 0 Å². The monoisotopic (exact) mass is 284 g/mol. The van der Waals surface area contributed by atoms with Crippen LogP contribution in [0.1, 0.15) is 86.0 Å². The van der Waals surface area contributed by atoms with E-state index in [1.807, 2.05) is 0 Å². The lowest BCUT2D eigenvalue weighted by molar-refractivity contribution is 0.0500. The number of unbranched alkanes of at least 4 members (excludes halogenated alkanes) is 4. The molecule has 0 saturated heterocycles. The maximum absolute atomic E-state index is 2.72. The minimum Gasteiger partial charge on any atom is -0.288 e. The predicted molar refractivity (Wildman–Crippen MR) is 92.2 cm³/mol. The van der Waals surface area contributed by atoms with E-state index in [-0.39, 0.29) is 0 Å². The number of nitrogens with zero attached hydrogens (tertiary/aromatic N) is 2. The molecule has 0 aromatic carbocycles. The van der Waals surface area contributed by atoms with Crippen LogP contribution in [0.5, 0.6) is 0 Å². The van der Waals surface area contributed by atoms with Crippen LogP contribution in [-0.4, -0.2) is 42.1 Å². The largest absolute Gasteiger partial charge is 0.288 e. The van der Waals surface area contributed by atoms with Gasteiger partial charge in [-0.2, -0.15) is 0 Å². The summed E-state index contributed by atoms with van der Waals surface area (Å²) in [5, 5.41) is 0. The normalized spacial score (nSPS) is 12.0. The van der Waals surface area contributed by atoms with E-state index in [1.54, 1.807) is 0 Å². The number of rotatable bonds is 14. The van der Waals surface area contributed by atoms with Crippen molar-refractivity contribution >= 4 is 0 Å². The first kappa shape index (κ1) is 19.9. The van der Waals surface area contributed by atoms with Crippen LogP contribution < -0.4 is 0 Å². The van der Waals surface area contributed by atoms with Crippen LogP contribution in [0.3, 0.4) is 0 Å². The highest BCUT2D eigenvalue weighted by molar-refractivity contribution is 4.70. The van der Waals surface area contributed by atoms with Crippen LogP contribution in [0, 0.1) is 0 Å². The summed E-state index contributed by atoms with van der Waals surface area (Å²) in [4.78, 5) is 5.44. The molecule has 0 bridgehead atoms. The zero-order valence-corrected chi connectivity index (χ0v) is 15.0. The van der Waals surface area contributed by atoms with Gasteiger partial charge in [-0.05, 0) is 58.8 Å². The van der Waals surface area contributed by atoms with E-state index in [9.17, 15) is 0 Å². The number of hydrogen-bond acceptors (Lipinski definition) is 2. The second-order valence-electron chi connectivity index (χ2n) is 6.12. The third kappa shape index (κ3) is 8.97. The van der Waals surface area contributed by atoms with Crippen molar-refractivity contribution in [2.45, 2.75) is 92.2 Å². The quantitative estimate of drug-likeness (QED) is 0.408. The summed E-state index contributed by atoms with van der Waals surface area (Å²) in [6.45, 7) is 16.7. The second kappa shape index (κ2) is 13.9. The average molecular weight is 285 g/mol. The molecule has 0 fully saturated rings. The second-order valence-corrected chi connectivity index (χ2v) is 6.12. The molecule has 0 aliphatic rings. The standard InChI is InChI=1S/C18H40N2/c1-6-10-14-19(15-11-7-2)18(5)20(16-12-8-3)17-13-9-4/h18H,6-17H2,1-5H3. The summed E-state index contributed by atoms with van der Waals surface area (Å²) in [5.74, 6) is 0. The lowest BCUT2D eigenvalue weighted by Crippen LogP contribution is -2.48. The Hall–Kier alpha value is -0.0800. The first-order valence-corrected chi connectivity index (χ1v) is 9.19. The van der Waals surface area contributed by atoms with Gasteiger partial charge in [0, 0.05) is 0 Å². The van der Waals surface area contributed by atoms with Crippen molar-refractivity contribution < 1.29 is 0 Å². The van der Waals surface area contributed by atoms with E-state index >= 15 is 0 Å². The van der Waals surface area contributed by atoms with Crippen LogP contribution >= 0.6 is 0 Å². The zero-order chi connectivity index (χ0) is 15.2. The first-order chi connectivity index (χ1) is 9.71. The van der Waals surface area contributed by atoms with Gasteiger partial charge in [0.05, 0.1) is 6.17 Å². The van der Waals surface area contributed by atoms with E-state index in [1.165, 1.54) is 77.5 Å². The van der Waals surface area contributed by atoms with Gasteiger partial charge in [-0.3, -0.25) is 9.80 Å². The van der Waals surface area contributed by atoms with Crippen LogP contribution in [0.2, 0.25) is 0 Å². The smallest absolute Gasteiger partial charge is 0.0593 e. The topological polar surface area (TPSA) is 6.48 Å². The highest BCUT2D eigenvalue weighted by Gasteiger charge is 2.19. The average Bonchev–Trinajstić information content (AvgIpc) is 2.47. The van der Waals surface area contributed by atoms with Gasteiger partial charge in [0.2, 0.25) is 0 Å². The molecule has 0 aliphatic heterocycles. The minimum atomic E-state index is 0.617. The molecule has 0 unspecified atom stereocenters. The zero-order valence-electron chi connectivity index (χ0n) is 15.0. The van der Waals surface area contributed by atoms with E-state index in [2.05, 4.69) is 44.4 Å². The Balaban J connectivity index is 4.49. The molecular weight excluding hydrogens is 244 g/mol. The molecule has 0 N–H and O–H groups in total. The van der Waals surface area contributed by atoms with Crippen LogP contribution in [0.4, 0.5) is 0 Å². The van der Waals surface area contributed by atoms with Gasteiger partial charge in [-0.15, -0.1) is 0 Å². The molecule has 0 aromatic heterocycles. The van der Waals surface area contributed by atoms with Gasteiger partial charge in [0.15, 0.2) is 0 Å². The van der Waals surface area contributed by atoms with Crippen molar-refractivity contribution in [2.75, 3.05) is 26.2 Å².